The van der Waals surface area contributed by atoms with E-state index in [1.165, 1.54) is 6.92 Å². The summed E-state index contributed by atoms with van der Waals surface area (Å²) in [7, 11) is -5.45. The fourth-order valence-electron chi connectivity index (χ4n) is 0.605. The third-order valence-corrected chi connectivity index (χ3v) is 4.61. The van der Waals surface area contributed by atoms with Crippen LogP contribution in [0.2, 0.25) is 0 Å². The van der Waals surface area contributed by atoms with Crippen LogP contribution in [0, 0.1) is 0 Å². The van der Waals surface area contributed by atoms with E-state index in [0.29, 0.717) is 0 Å². The minimum atomic E-state index is -3.82. The molecule has 0 bridgehead atoms. The lowest BCUT2D eigenvalue weighted by molar-refractivity contribution is 0.0754. The SMILES string of the molecule is CCO[P+](=O)C(OC(=O)OC)S(C)(=O)=O. The minimum Gasteiger partial charge on any atom is -0.437 e. The Morgan fingerprint density at radius 1 is 1.47 bits per heavy atom. The highest BCUT2D eigenvalue weighted by molar-refractivity contribution is 7.96. The van der Waals surface area contributed by atoms with Crippen LogP contribution in [0.4, 0.5) is 4.79 Å². The van der Waals surface area contributed by atoms with Gasteiger partial charge < -0.3 is 9.47 Å². The Hall–Kier alpha value is -0.720. The van der Waals surface area contributed by atoms with Crippen molar-refractivity contribution in [3.63, 3.8) is 0 Å². The number of hydrogen-bond donors (Lipinski definition) is 0. The second kappa shape index (κ2) is 5.99. The van der Waals surface area contributed by atoms with Gasteiger partial charge in [0, 0.05) is 6.26 Å². The molecule has 7 nitrogen and oxygen atoms in total. The van der Waals surface area contributed by atoms with E-state index in [-0.39, 0.29) is 6.61 Å². The third kappa shape index (κ3) is 5.06. The Bertz CT molecular complexity index is 335. The van der Waals surface area contributed by atoms with E-state index in [2.05, 4.69) is 14.0 Å². The molecule has 0 aromatic carbocycles. The normalized spacial score (nSPS) is 14.2. The van der Waals surface area contributed by atoms with Crippen LogP contribution >= 0.6 is 8.03 Å². The second-order valence-electron chi connectivity index (χ2n) is 2.41. The number of carbonyl (C=O) groups is 1. The molecular formula is C6H12O7PS+. The molecule has 0 radical (unpaired) electrons. The first-order valence-corrected chi connectivity index (χ1v) is 7.05. The van der Waals surface area contributed by atoms with Gasteiger partial charge in [-0.1, -0.05) is 0 Å². The predicted molar refractivity (Wildman–Crippen MR) is 51.4 cm³/mol. The van der Waals surface area contributed by atoms with Crippen molar-refractivity contribution in [1.82, 2.24) is 0 Å². The highest BCUT2D eigenvalue weighted by Gasteiger charge is 2.46. The molecule has 2 atom stereocenters. The topological polar surface area (TPSA) is 96.0 Å². The van der Waals surface area contributed by atoms with Gasteiger partial charge in [0.15, 0.2) is 0 Å². The smallest absolute Gasteiger partial charge is 0.437 e. The van der Waals surface area contributed by atoms with Crippen LogP contribution in [-0.4, -0.2) is 39.7 Å². The van der Waals surface area contributed by atoms with Crippen LogP contribution in [-0.2, 0) is 28.4 Å². The van der Waals surface area contributed by atoms with Crippen molar-refractivity contribution in [3.8, 4) is 0 Å². The molecular weight excluding hydrogens is 247 g/mol. The summed E-state index contributed by atoms with van der Waals surface area (Å²) in [5.74, 6) is 0. The zero-order valence-corrected chi connectivity index (χ0v) is 10.2. The first kappa shape index (κ1) is 14.3. The summed E-state index contributed by atoms with van der Waals surface area (Å²) in [6.45, 7) is 1.58. The number of rotatable bonds is 5. The van der Waals surface area contributed by atoms with Crippen LogP contribution in [0.15, 0.2) is 0 Å². The Balaban J connectivity index is 4.75. The van der Waals surface area contributed by atoms with Crippen LogP contribution in [0.1, 0.15) is 6.92 Å². The highest BCUT2D eigenvalue weighted by Crippen LogP contribution is 2.33. The number of carbonyl (C=O) groups excluding carboxylic acids is 1. The van der Waals surface area contributed by atoms with Crippen molar-refractivity contribution in [2.45, 2.75) is 12.1 Å². The standard InChI is InChI=1S/C6H12O7PS/c1-4-12-14(8)6(15(3,9)10)13-5(7)11-2/h6H,4H2,1-3H3/q+1. The molecule has 0 saturated carbocycles. The van der Waals surface area contributed by atoms with E-state index < -0.39 is 29.2 Å². The first-order chi connectivity index (χ1) is 6.82. The molecule has 0 spiro atoms. The van der Waals surface area contributed by atoms with Gasteiger partial charge in [0.25, 0.3) is 0 Å². The van der Waals surface area contributed by atoms with E-state index in [1.54, 1.807) is 0 Å². The van der Waals surface area contributed by atoms with E-state index in [0.717, 1.165) is 13.4 Å². The lowest BCUT2D eigenvalue weighted by atomic mass is 10.9. The molecule has 0 heterocycles. The fraction of sp³-hybridized carbons (Fsp3) is 0.833. The summed E-state index contributed by atoms with van der Waals surface area (Å²) in [5.41, 5.74) is 0. The summed E-state index contributed by atoms with van der Waals surface area (Å²) in [6.07, 6.45) is -0.444. The van der Waals surface area contributed by atoms with Gasteiger partial charge in [-0.3, -0.25) is 0 Å². The fourth-order valence-corrected chi connectivity index (χ4v) is 2.84. The first-order valence-electron chi connectivity index (χ1n) is 3.85. The predicted octanol–water partition coefficient (Wildman–Crippen LogP) is 0.877. The van der Waals surface area contributed by atoms with Gasteiger partial charge in [0.05, 0.1) is 13.7 Å². The molecule has 0 rings (SSSR count). The molecule has 0 aliphatic carbocycles. The van der Waals surface area contributed by atoms with Gasteiger partial charge in [0.2, 0.25) is 9.84 Å². The maximum absolute atomic E-state index is 11.3. The number of ether oxygens (including phenoxy) is 2. The average molecular weight is 259 g/mol. The van der Waals surface area contributed by atoms with E-state index in [1.807, 2.05) is 0 Å². The molecule has 0 aromatic rings. The van der Waals surface area contributed by atoms with E-state index in [4.69, 9.17) is 0 Å². The van der Waals surface area contributed by atoms with Gasteiger partial charge in [-0.05, 0) is 11.5 Å². The average Bonchev–Trinajstić information content (AvgIpc) is 2.12. The molecule has 0 amide bonds. The van der Waals surface area contributed by atoms with E-state index in [9.17, 15) is 17.8 Å². The zero-order valence-electron chi connectivity index (χ0n) is 8.50. The minimum absolute atomic E-state index is 0.0474. The van der Waals surface area contributed by atoms with Gasteiger partial charge in [-0.25, -0.2) is 13.2 Å². The summed E-state index contributed by atoms with van der Waals surface area (Å²) in [6, 6.07) is 0. The lowest BCUT2D eigenvalue weighted by Crippen LogP contribution is -2.24. The van der Waals surface area contributed by atoms with E-state index >= 15 is 0 Å². The third-order valence-electron chi connectivity index (χ3n) is 1.16. The maximum Gasteiger partial charge on any atom is 0.571 e. The Labute approximate surface area is 88.5 Å². The number of hydrogen-bond acceptors (Lipinski definition) is 7. The molecule has 88 valence electrons. The number of methoxy groups -OCH3 is 1. The van der Waals surface area contributed by atoms with Crippen LogP contribution < -0.4 is 0 Å². The Morgan fingerprint density at radius 2 is 2.00 bits per heavy atom. The Kier molecular flexibility index (Phi) is 5.71. The molecule has 0 N–H and O–H groups in total. The molecule has 2 unspecified atom stereocenters. The molecule has 9 heteroatoms. The van der Waals surface area contributed by atoms with Gasteiger partial charge in [-0.2, -0.15) is 0 Å². The monoisotopic (exact) mass is 259 g/mol. The molecule has 0 aliphatic rings. The quantitative estimate of drug-likeness (QED) is 0.534. The van der Waals surface area contributed by atoms with Gasteiger partial charge >= 0.3 is 19.4 Å². The summed E-state index contributed by atoms with van der Waals surface area (Å²) >= 11 is 0. The van der Waals surface area contributed by atoms with Crippen molar-refractivity contribution >= 4 is 24.0 Å². The summed E-state index contributed by atoms with van der Waals surface area (Å²) in [5, 5.41) is -1.83. The lowest BCUT2D eigenvalue weighted by Gasteiger charge is -2.04. The van der Waals surface area contributed by atoms with Gasteiger partial charge in [-0.15, -0.1) is 4.52 Å². The van der Waals surface area contributed by atoms with Crippen LogP contribution in [0.25, 0.3) is 0 Å². The van der Waals surface area contributed by atoms with Crippen molar-refractivity contribution < 1.29 is 31.8 Å². The molecule has 0 fully saturated rings. The molecule has 0 aromatic heterocycles. The van der Waals surface area contributed by atoms with Crippen molar-refractivity contribution in [2.24, 2.45) is 0 Å². The molecule has 15 heavy (non-hydrogen) atoms. The Morgan fingerprint density at radius 3 is 2.33 bits per heavy atom. The molecule has 0 aliphatic heterocycles. The van der Waals surface area contributed by atoms with Crippen molar-refractivity contribution in [3.05, 3.63) is 0 Å². The van der Waals surface area contributed by atoms with Crippen LogP contribution in [0.3, 0.4) is 0 Å². The van der Waals surface area contributed by atoms with Crippen molar-refractivity contribution in [2.75, 3.05) is 20.0 Å². The molecule has 0 saturated heterocycles. The highest BCUT2D eigenvalue weighted by atomic mass is 32.2. The number of sulfone groups is 1. The van der Waals surface area contributed by atoms with Gasteiger partial charge in [0.1, 0.15) is 0 Å². The largest absolute Gasteiger partial charge is 0.571 e. The second-order valence-corrected chi connectivity index (χ2v) is 6.15. The van der Waals surface area contributed by atoms with Crippen molar-refractivity contribution in [1.29, 1.82) is 0 Å². The van der Waals surface area contributed by atoms with Crippen LogP contribution in [0.5, 0.6) is 0 Å². The zero-order chi connectivity index (χ0) is 12.1. The summed E-state index contributed by atoms with van der Waals surface area (Å²) in [4.78, 5) is 10.7. The maximum atomic E-state index is 11.3. The summed E-state index contributed by atoms with van der Waals surface area (Å²) < 4.78 is 46.4.